The first kappa shape index (κ1) is 12.6. The van der Waals surface area contributed by atoms with E-state index in [9.17, 15) is 4.79 Å². The molecule has 2 N–H and O–H groups in total. The highest BCUT2D eigenvalue weighted by Crippen LogP contribution is 2.13. The number of carboxylic acids is 1. The number of nitrogens with one attached hydrogen (secondary N) is 1. The lowest BCUT2D eigenvalue weighted by molar-refractivity contribution is 0.0682. The molecule has 0 aliphatic heterocycles. The van der Waals surface area contributed by atoms with Crippen molar-refractivity contribution in [3.63, 3.8) is 0 Å². The van der Waals surface area contributed by atoms with E-state index in [1.54, 1.807) is 16.7 Å². The largest absolute Gasteiger partial charge is 0.475 e. The molecular formula is C13H17N3O2. The van der Waals surface area contributed by atoms with Crippen molar-refractivity contribution in [2.45, 2.75) is 26.3 Å². The van der Waals surface area contributed by atoms with E-state index in [2.05, 4.69) is 17.2 Å². The van der Waals surface area contributed by atoms with Crippen LogP contribution in [-0.4, -0.2) is 27.0 Å². The average Bonchev–Trinajstić information content (AvgIpc) is 2.74. The highest BCUT2D eigenvalue weighted by Gasteiger charge is 2.15. The lowest BCUT2D eigenvalue weighted by Crippen LogP contribution is -2.15. The summed E-state index contributed by atoms with van der Waals surface area (Å²) in [5, 5.41) is 12.4. The van der Waals surface area contributed by atoms with Gasteiger partial charge in [-0.1, -0.05) is 19.4 Å². The molecule has 96 valence electrons. The lowest BCUT2D eigenvalue weighted by Gasteiger charge is -2.01. The van der Waals surface area contributed by atoms with E-state index in [0.29, 0.717) is 6.54 Å². The second-order valence-electron chi connectivity index (χ2n) is 4.17. The van der Waals surface area contributed by atoms with Crippen molar-refractivity contribution in [2.75, 3.05) is 6.54 Å². The summed E-state index contributed by atoms with van der Waals surface area (Å²) in [5.74, 6) is -0.936. The topological polar surface area (TPSA) is 66.6 Å². The Morgan fingerprint density at radius 2 is 2.33 bits per heavy atom. The molecule has 2 aromatic rings. The van der Waals surface area contributed by atoms with Crippen LogP contribution < -0.4 is 5.32 Å². The van der Waals surface area contributed by atoms with Gasteiger partial charge < -0.3 is 10.4 Å². The molecule has 2 rings (SSSR count). The van der Waals surface area contributed by atoms with Gasteiger partial charge >= 0.3 is 5.97 Å². The van der Waals surface area contributed by atoms with Gasteiger partial charge in [0, 0.05) is 12.7 Å². The van der Waals surface area contributed by atoms with Crippen LogP contribution in [0.5, 0.6) is 0 Å². The summed E-state index contributed by atoms with van der Waals surface area (Å²) < 4.78 is 1.61. The fourth-order valence-corrected chi connectivity index (χ4v) is 1.89. The smallest absolute Gasteiger partial charge is 0.372 e. The minimum atomic E-state index is -1.00. The molecule has 5 heteroatoms. The van der Waals surface area contributed by atoms with E-state index in [1.165, 1.54) is 0 Å². The number of hydrogen-bond acceptors (Lipinski definition) is 3. The quantitative estimate of drug-likeness (QED) is 0.765. The fraction of sp³-hybridized carbons (Fsp3) is 0.385. The van der Waals surface area contributed by atoms with Crippen LogP contribution >= 0.6 is 0 Å². The zero-order valence-corrected chi connectivity index (χ0v) is 10.4. The molecular weight excluding hydrogens is 230 g/mol. The van der Waals surface area contributed by atoms with E-state index in [0.717, 1.165) is 30.6 Å². The summed E-state index contributed by atoms with van der Waals surface area (Å²) in [6.07, 6.45) is 3.97. The highest BCUT2D eigenvalue weighted by atomic mass is 16.4. The van der Waals surface area contributed by atoms with Crippen LogP contribution in [0.15, 0.2) is 24.4 Å². The summed E-state index contributed by atoms with van der Waals surface area (Å²) in [7, 11) is 0. The molecule has 18 heavy (non-hydrogen) atoms. The maximum Gasteiger partial charge on any atom is 0.372 e. The van der Waals surface area contributed by atoms with Gasteiger partial charge in [-0.2, -0.15) is 0 Å². The predicted molar refractivity (Wildman–Crippen MR) is 68.8 cm³/mol. The number of aromatic carboxylic acids is 1. The first-order chi connectivity index (χ1) is 8.74. The van der Waals surface area contributed by atoms with Gasteiger partial charge in [0.05, 0.1) is 11.2 Å². The first-order valence-corrected chi connectivity index (χ1v) is 6.14. The third-order valence-corrected chi connectivity index (χ3v) is 2.82. The van der Waals surface area contributed by atoms with Gasteiger partial charge in [-0.15, -0.1) is 0 Å². The van der Waals surface area contributed by atoms with Crippen LogP contribution in [0.25, 0.3) is 5.52 Å². The summed E-state index contributed by atoms with van der Waals surface area (Å²) in [4.78, 5) is 15.3. The molecule has 0 aliphatic rings. The van der Waals surface area contributed by atoms with Gasteiger partial charge in [0.2, 0.25) is 5.82 Å². The Morgan fingerprint density at radius 3 is 3.06 bits per heavy atom. The van der Waals surface area contributed by atoms with E-state index in [-0.39, 0.29) is 5.82 Å². The van der Waals surface area contributed by atoms with Gasteiger partial charge in [0.15, 0.2) is 0 Å². The van der Waals surface area contributed by atoms with Crippen LogP contribution in [0.2, 0.25) is 0 Å². The summed E-state index contributed by atoms with van der Waals surface area (Å²) in [5.41, 5.74) is 1.63. The molecule has 2 aromatic heterocycles. The normalized spacial score (nSPS) is 10.9. The minimum Gasteiger partial charge on any atom is -0.475 e. The van der Waals surface area contributed by atoms with E-state index in [1.807, 2.05) is 12.1 Å². The maximum absolute atomic E-state index is 11.1. The standard InChI is InChI=1S/C13H17N3O2/c1-2-3-7-14-9-10-11-6-4-5-8-16(11)12(15-10)13(17)18/h4-6,8,14H,2-3,7,9H2,1H3,(H,17,18). The molecule has 0 fully saturated rings. The number of carbonyl (C=O) groups is 1. The third-order valence-electron chi connectivity index (χ3n) is 2.82. The van der Waals surface area contributed by atoms with Crippen LogP contribution in [0.3, 0.4) is 0 Å². The lowest BCUT2D eigenvalue weighted by atomic mass is 10.3. The third kappa shape index (κ3) is 2.51. The molecule has 0 saturated heterocycles. The summed E-state index contributed by atoms with van der Waals surface area (Å²) >= 11 is 0. The highest BCUT2D eigenvalue weighted by molar-refractivity contribution is 5.85. The Kier molecular flexibility index (Phi) is 3.94. The van der Waals surface area contributed by atoms with Crippen molar-refractivity contribution in [3.05, 3.63) is 35.9 Å². The second kappa shape index (κ2) is 5.64. The fourth-order valence-electron chi connectivity index (χ4n) is 1.89. The van der Waals surface area contributed by atoms with Crippen LogP contribution in [-0.2, 0) is 6.54 Å². The number of carboxylic acid groups (broad SMARTS) is 1. The zero-order valence-electron chi connectivity index (χ0n) is 10.4. The van der Waals surface area contributed by atoms with Crippen molar-refractivity contribution in [1.29, 1.82) is 0 Å². The van der Waals surface area contributed by atoms with Crippen molar-refractivity contribution in [3.8, 4) is 0 Å². The Bertz CT molecular complexity index is 548. The molecule has 0 bridgehead atoms. The molecule has 0 aromatic carbocycles. The summed E-state index contributed by atoms with van der Waals surface area (Å²) in [6, 6.07) is 5.57. The Hall–Kier alpha value is -1.88. The number of hydrogen-bond donors (Lipinski definition) is 2. The molecule has 5 nitrogen and oxygen atoms in total. The number of imidazole rings is 1. The SMILES string of the molecule is CCCCNCc1nc(C(=O)O)n2ccccc12. The molecule has 0 atom stereocenters. The van der Waals surface area contributed by atoms with Crippen molar-refractivity contribution in [2.24, 2.45) is 0 Å². The monoisotopic (exact) mass is 247 g/mol. The molecule has 0 spiro atoms. The van der Waals surface area contributed by atoms with E-state index >= 15 is 0 Å². The molecule has 0 radical (unpaired) electrons. The molecule has 0 unspecified atom stereocenters. The maximum atomic E-state index is 11.1. The Morgan fingerprint density at radius 1 is 1.50 bits per heavy atom. The summed E-state index contributed by atoms with van der Waals surface area (Å²) in [6.45, 7) is 3.65. The van der Waals surface area contributed by atoms with Crippen molar-refractivity contribution < 1.29 is 9.90 Å². The number of pyridine rings is 1. The van der Waals surface area contributed by atoms with Crippen molar-refractivity contribution >= 4 is 11.5 Å². The van der Waals surface area contributed by atoms with Crippen LogP contribution in [0.1, 0.15) is 36.1 Å². The first-order valence-electron chi connectivity index (χ1n) is 6.14. The van der Waals surface area contributed by atoms with Gasteiger partial charge in [-0.25, -0.2) is 9.78 Å². The van der Waals surface area contributed by atoms with Crippen LogP contribution in [0.4, 0.5) is 0 Å². The number of fused-ring (bicyclic) bond motifs is 1. The predicted octanol–water partition coefficient (Wildman–Crippen LogP) is 1.92. The van der Waals surface area contributed by atoms with E-state index < -0.39 is 5.97 Å². The number of nitrogens with zero attached hydrogens (tertiary/aromatic N) is 2. The van der Waals surface area contributed by atoms with Gasteiger partial charge in [-0.05, 0) is 25.1 Å². The second-order valence-corrected chi connectivity index (χ2v) is 4.17. The number of rotatable bonds is 6. The molecule has 0 aliphatic carbocycles. The Balaban J connectivity index is 2.24. The van der Waals surface area contributed by atoms with Gasteiger partial charge in [0.25, 0.3) is 0 Å². The zero-order chi connectivity index (χ0) is 13.0. The molecule has 0 saturated carbocycles. The van der Waals surface area contributed by atoms with Gasteiger partial charge in [0.1, 0.15) is 0 Å². The molecule has 2 heterocycles. The number of unbranched alkanes of at least 4 members (excludes halogenated alkanes) is 1. The van der Waals surface area contributed by atoms with Crippen LogP contribution in [0, 0.1) is 0 Å². The molecule has 0 amide bonds. The average molecular weight is 247 g/mol. The minimum absolute atomic E-state index is 0.0675. The van der Waals surface area contributed by atoms with Crippen molar-refractivity contribution in [1.82, 2.24) is 14.7 Å². The van der Waals surface area contributed by atoms with E-state index in [4.69, 9.17) is 5.11 Å². The Labute approximate surface area is 105 Å². The van der Waals surface area contributed by atoms with Gasteiger partial charge in [-0.3, -0.25) is 4.40 Å². The number of aromatic nitrogens is 2.